The molecule has 2 heterocycles. The van der Waals surface area contributed by atoms with E-state index >= 15 is 0 Å². The number of likely N-dealkylation sites (N-methyl/N-ethyl adjacent to an activating group) is 1. The van der Waals surface area contributed by atoms with E-state index in [9.17, 15) is 4.79 Å². The van der Waals surface area contributed by atoms with Crippen LogP contribution in [0.25, 0.3) is 11.0 Å². The fourth-order valence-corrected chi connectivity index (χ4v) is 1.74. The first kappa shape index (κ1) is 13.1. The minimum atomic E-state index is -0.0572. The lowest BCUT2D eigenvalue weighted by Gasteiger charge is -2.18. The number of nitrogens with two attached hydrogens (primary N) is 1. The number of hydrogen-bond donors (Lipinski definition) is 3. The Balaban J connectivity index is 2.18. The standard InChI is InChI=1S/C11H17N7O/c1-3-4-13-8(19)6-18(2)10-7-5-14-17-9(7)15-11(12)16-10/h5H,3-4,6H2,1-2H3,(H,13,19)(H3,12,14,15,16,17). The number of hydrogen-bond acceptors (Lipinski definition) is 6. The Morgan fingerprint density at radius 1 is 1.53 bits per heavy atom. The van der Waals surface area contributed by atoms with Crippen LogP contribution >= 0.6 is 0 Å². The van der Waals surface area contributed by atoms with Gasteiger partial charge >= 0.3 is 0 Å². The van der Waals surface area contributed by atoms with Crippen molar-refractivity contribution < 1.29 is 4.79 Å². The molecule has 2 rings (SSSR count). The van der Waals surface area contributed by atoms with E-state index < -0.39 is 0 Å². The SMILES string of the molecule is CCCNC(=O)CN(C)c1nc(N)nc2[nH]ncc12. The molecule has 8 nitrogen and oxygen atoms in total. The second kappa shape index (κ2) is 5.51. The second-order valence-electron chi connectivity index (χ2n) is 4.24. The number of nitrogen functional groups attached to an aromatic ring is 1. The molecule has 4 N–H and O–H groups in total. The summed E-state index contributed by atoms with van der Waals surface area (Å²) in [6.07, 6.45) is 2.52. The van der Waals surface area contributed by atoms with Crippen molar-refractivity contribution in [1.82, 2.24) is 25.5 Å². The number of nitrogens with one attached hydrogen (secondary N) is 2. The van der Waals surface area contributed by atoms with Crippen LogP contribution in [0.2, 0.25) is 0 Å². The molecule has 102 valence electrons. The number of amides is 1. The van der Waals surface area contributed by atoms with Gasteiger partial charge in [0.2, 0.25) is 11.9 Å². The highest BCUT2D eigenvalue weighted by molar-refractivity contribution is 5.90. The van der Waals surface area contributed by atoms with Crippen LogP contribution in [-0.4, -0.2) is 46.2 Å². The van der Waals surface area contributed by atoms with Crippen LogP contribution in [-0.2, 0) is 4.79 Å². The van der Waals surface area contributed by atoms with Gasteiger partial charge in [-0.25, -0.2) is 0 Å². The van der Waals surface area contributed by atoms with Crippen molar-refractivity contribution in [2.24, 2.45) is 0 Å². The predicted molar refractivity (Wildman–Crippen MR) is 72.7 cm³/mol. The van der Waals surface area contributed by atoms with Crippen molar-refractivity contribution in [2.75, 3.05) is 30.8 Å². The average Bonchev–Trinajstić information content (AvgIpc) is 2.83. The van der Waals surface area contributed by atoms with Gasteiger partial charge in [0.15, 0.2) is 5.65 Å². The van der Waals surface area contributed by atoms with E-state index in [1.165, 1.54) is 0 Å². The zero-order valence-electron chi connectivity index (χ0n) is 11.0. The van der Waals surface area contributed by atoms with Gasteiger partial charge in [-0.3, -0.25) is 9.89 Å². The third kappa shape index (κ3) is 2.90. The molecule has 0 unspecified atom stereocenters. The normalized spacial score (nSPS) is 10.6. The van der Waals surface area contributed by atoms with E-state index in [0.29, 0.717) is 18.0 Å². The molecule has 0 aliphatic rings. The van der Waals surface area contributed by atoms with Crippen molar-refractivity contribution >= 4 is 28.7 Å². The van der Waals surface area contributed by atoms with E-state index in [4.69, 9.17) is 5.73 Å². The van der Waals surface area contributed by atoms with Gasteiger partial charge in [0.1, 0.15) is 5.82 Å². The molecule has 1 amide bonds. The Labute approximate surface area is 110 Å². The molecule has 0 radical (unpaired) electrons. The quantitative estimate of drug-likeness (QED) is 0.694. The molecule has 0 saturated heterocycles. The van der Waals surface area contributed by atoms with E-state index in [1.54, 1.807) is 18.1 Å². The number of nitrogens with zero attached hydrogens (tertiary/aromatic N) is 4. The van der Waals surface area contributed by atoms with E-state index in [-0.39, 0.29) is 18.4 Å². The largest absolute Gasteiger partial charge is 0.368 e. The highest BCUT2D eigenvalue weighted by Crippen LogP contribution is 2.21. The zero-order chi connectivity index (χ0) is 13.8. The summed E-state index contributed by atoms with van der Waals surface area (Å²) in [4.78, 5) is 21.6. The lowest BCUT2D eigenvalue weighted by Crippen LogP contribution is -2.36. The van der Waals surface area contributed by atoms with Crippen molar-refractivity contribution in [3.8, 4) is 0 Å². The fraction of sp³-hybridized carbons (Fsp3) is 0.455. The average molecular weight is 263 g/mol. The van der Waals surface area contributed by atoms with Gasteiger partial charge in [-0.2, -0.15) is 15.1 Å². The minimum Gasteiger partial charge on any atom is -0.368 e. The molecule has 0 saturated carbocycles. The number of aromatic amines is 1. The van der Waals surface area contributed by atoms with Crippen molar-refractivity contribution in [2.45, 2.75) is 13.3 Å². The van der Waals surface area contributed by atoms with Gasteiger partial charge in [-0.15, -0.1) is 0 Å². The van der Waals surface area contributed by atoms with E-state index in [1.807, 2.05) is 6.92 Å². The Bertz CT molecular complexity index is 579. The second-order valence-corrected chi connectivity index (χ2v) is 4.24. The van der Waals surface area contributed by atoms with Crippen LogP contribution in [0.1, 0.15) is 13.3 Å². The topological polar surface area (TPSA) is 113 Å². The predicted octanol–water partition coefficient (Wildman–Crippen LogP) is -0.102. The molecule has 2 aromatic heterocycles. The molecule has 8 heteroatoms. The van der Waals surface area contributed by atoms with Gasteiger partial charge < -0.3 is 16.0 Å². The maximum atomic E-state index is 11.7. The summed E-state index contributed by atoms with van der Waals surface area (Å²) in [6.45, 7) is 2.88. The lowest BCUT2D eigenvalue weighted by molar-refractivity contribution is -0.119. The molecule has 0 fully saturated rings. The van der Waals surface area contributed by atoms with Gasteiger partial charge in [0, 0.05) is 13.6 Å². The Kier molecular flexibility index (Phi) is 3.79. The number of aromatic nitrogens is 4. The van der Waals surface area contributed by atoms with Crippen LogP contribution in [0.4, 0.5) is 11.8 Å². The van der Waals surface area contributed by atoms with Crippen LogP contribution < -0.4 is 16.0 Å². The van der Waals surface area contributed by atoms with Gasteiger partial charge in [0.25, 0.3) is 0 Å². The summed E-state index contributed by atoms with van der Waals surface area (Å²) in [5.41, 5.74) is 6.19. The summed E-state index contributed by atoms with van der Waals surface area (Å²) in [7, 11) is 1.78. The summed E-state index contributed by atoms with van der Waals surface area (Å²) < 4.78 is 0. The van der Waals surface area contributed by atoms with Gasteiger partial charge in [-0.1, -0.05) is 6.92 Å². The number of anilines is 2. The highest BCUT2D eigenvalue weighted by Gasteiger charge is 2.14. The molecule has 19 heavy (non-hydrogen) atoms. The van der Waals surface area contributed by atoms with Crippen molar-refractivity contribution in [1.29, 1.82) is 0 Å². The third-order valence-corrected chi connectivity index (χ3v) is 2.62. The first-order chi connectivity index (χ1) is 9.11. The molecule has 0 bridgehead atoms. The lowest BCUT2D eigenvalue weighted by atomic mass is 10.3. The first-order valence-corrected chi connectivity index (χ1v) is 6.06. The van der Waals surface area contributed by atoms with Crippen LogP contribution in [0.15, 0.2) is 6.20 Å². The number of rotatable bonds is 5. The van der Waals surface area contributed by atoms with Gasteiger partial charge in [-0.05, 0) is 6.42 Å². The molecule has 0 aliphatic heterocycles. The van der Waals surface area contributed by atoms with Crippen molar-refractivity contribution in [3.05, 3.63) is 6.20 Å². The summed E-state index contributed by atoms with van der Waals surface area (Å²) in [6, 6.07) is 0. The molecule has 0 aromatic carbocycles. The Hall–Kier alpha value is -2.38. The van der Waals surface area contributed by atoms with E-state index in [2.05, 4.69) is 25.5 Å². The fourth-order valence-electron chi connectivity index (χ4n) is 1.74. The zero-order valence-corrected chi connectivity index (χ0v) is 11.0. The molecule has 0 aliphatic carbocycles. The number of carbonyl (C=O) groups is 1. The van der Waals surface area contributed by atoms with Gasteiger partial charge in [0.05, 0.1) is 18.1 Å². The van der Waals surface area contributed by atoms with Crippen molar-refractivity contribution in [3.63, 3.8) is 0 Å². The number of carbonyl (C=O) groups excluding carboxylic acids is 1. The minimum absolute atomic E-state index is 0.0572. The Morgan fingerprint density at radius 2 is 2.32 bits per heavy atom. The molecular weight excluding hydrogens is 246 g/mol. The maximum absolute atomic E-state index is 11.7. The van der Waals surface area contributed by atoms with Crippen LogP contribution in [0.5, 0.6) is 0 Å². The summed E-state index contributed by atoms with van der Waals surface area (Å²) >= 11 is 0. The molecular formula is C11H17N7O. The Morgan fingerprint density at radius 3 is 3.05 bits per heavy atom. The smallest absolute Gasteiger partial charge is 0.239 e. The summed E-state index contributed by atoms with van der Waals surface area (Å²) in [5, 5.41) is 10.2. The van der Waals surface area contributed by atoms with Crippen LogP contribution in [0.3, 0.4) is 0 Å². The third-order valence-electron chi connectivity index (χ3n) is 2.62. The molecule has 0 spiro atoms. The highest BCUT2D eigenvalue weighted by atomic mass is 16.2. The van der Waals surface area contributed by atoms with Crippen LogP contribution in [0, 0.1) is 0 Å². The number of H-pyrrole nitrogens is 1. The maximum Gasteiger partial charge on any atom is 0.239 e. The number of fused-ring (bicyclic) bond motifs is 1. The van der Waals surface area contributed by atoms with E-state index in [0.717, 1.165) is 11.8 Å². The summed E-state index contributed by atoms with van der Waals surface area (Å²) in [5.74, 6) is 0.675. The first-order valence-electron chi connectivity index (χ1n) is 6.06. The molecule has 2 aromatic rings. The monoisotopic (exact) mass is 263 g/mol. The molecule has 0 atom stereocenters.